The minimum Gasteiger partial charge on any atom is -0.387 e. The fourth-order valence-electron chi connectivity index (χ4n) is 8.62. The molecule has 35 heavy (non-hydrogen) atoms. The van der Waals surface area contributed by atoms with E-state index in [4.69, 9.17) is 5.53 Å². The van der Waals surface area contributed by atoms with Crippen molar-refractivity contribution in [2.45, 2.75) is 77.2 Å². The maximum Gasteiger partial charge on any atom is 0.292 e. The first-order valence-electron chi connectivity index (χ1n) is 12.9. The lowest BCUT2D eigenvalue weighted by molar-refractivity contribution is -0.383. The topological polar surface area (TPSA) is 141 Å². The molecular formula is C26H35N5O4. The molecule has 9 heteroatoms. The molecule has 0 spiro atoms. The van der Waals surface area contributed by atoms with Gasteiger partial charge in [-0.2, -0.15) is 0 Å². The molecule has 0 radical (unpaired) electrons. The zero-order chi connectivity index (χ0) is 25.0. The van der Waals surface area contributed by atoms with E-state index < -0.39 is 10.5 Å². The number of nitro benzene ring substituents is 1. The maximum absolute atomic E-state index is 12.1. The number of ketones is 1. The average Bonchev–Trinajstić information content (AvgIpc) is 3.09. The van der Waals surface area contributed by atoms with Crippen molar-refractivity contribution in [1.29, 1.82) is 0 Å². The Balaban J connectivity index is 1.35. The zero-order valence-corrected chi connectivity index (χ0v) is 20.6. The molecule has 1 aromatic rings. The molecule has 0 saturated heterocycles. The molecule has 0 aliphatic heterocycles. The van der Waals surface area contributed by atoms with Gasteiger partial charge in [0.1, 0.15) is 11.5 Å². The van der Waals surface area contributed by atoms with Crippen molar-refractivity contribution in [3.63, 3.8) is 0 Å². The highest BCUT2D eigenvalue weighted by Crippen LogP contribution is 2.68. The summed E-state index contributed by atoms with van der Waals surface area (Å²) < 4.78 is 0. The minimum absolute atomic E-state index is 0.167. The Labute approximate surface area is 205 Å². The second kappa shape index (κ2) is 8.49. The number of anilines is 1. The number of nitro groups is 1. The summed E-state index contributed by atoms with van der Waals surface area (Å²) in [6.07, 6.45) is 8.34. The number of hydrogen-bond acceptors (Lipinski definition) is 6. The third-order valence-corrected chi connectivity index (χ3v) is 10.7. The summed E-state index contributed by atoms with van der Waals surface area (Å²) in [6.45, 7) is 4.89. The normalized spacial score (nSPS) is 40.1. The zero-order valence-electron chi connectivity index (χ0n) is 20.6. The number of Topliss-reactive ketones (excluding diaryl/α,β-unsaturated/α-hetero) is 1. The Morgan fingerprint density at radius 3 is 2.71 bits per heavy atom. The summed E-state index contributed by atoms with van der Waals surface area (Å²) >= 11 is 0. The Morgan fingerprint density at radius 2 is 1.97 bits per heavy atom. The number of benzene rings is 1. The summed E-state index contributed by atoms with van der Waals surface area (Å²) in [4.78, 5) is 26.0. The van der Waals surface area contributed by atoms with Gasteiger partial charge < -0.3 is 10.4 Å². The second-order valence-corrected chi connectivity index (χ2v) is 11.9. The van der Waals surface area contributed by atoms with Crippen LogP contribution in [0.3, 0.4) is 0 Å². The lowest BCUT2D eigenvalue weighted by Gasteiger charge is -2.61. The number of fused-ring (bicyclic) bond motifs is 5. The van der Waals surface area contributed by atoms with Gasteiger partial charge in [0.05, 0.1) is 10.5 Å². The SMILES string of the molecule is C[C@]12CCC(=O)C[C@@H]1CC[C@@H]1[C@@H]2CC[C@@]2(C)[C@H]1CC[C@@]2(O)CNc1ccc(N=[N+]=[N-])cc1[N+](=O)[O-]. The summed E-state index contributed by atoms with van der Waals surface area (Å²) in [5.41, 5.74) is 7.99. The number of aliphatic hydroxyl groups is 1. The molecule has 0 heterocycles. The van der Waals surface area contributed by atoms with E-state index in [9.17, 15) is 20.0 Å². The molecule has 188 valence electrons. The number of rotatable bonds is 5. The van der Waals surface area contributed by atoms with E-state index >= 15 is 0 Å². The van der Waals surface area contributed by atoms with E-state index in [1.54, 1.807) is 6.07 Å². The monoisotopic (exact) mass is 481 g/mol. The van der Waals surface area contributed by atoms with Gasteiger partial charge >= 0.3 is 0 Å². The number of carbonyl (C=O) groups is 1. The Kier molecular flexibility index (Phi) is 5.84. The van der Waals surface area contributed by atoms with Crippen molar-refractivity contribution in [3.05, 3.63) is 38.8 Å². The largest absolute Gasteiger partial charge is 0.387 e. The van der Waals surface area contributed by atoms with Crippen LogP contribution in [0.1, 0.15) is 71.6 Å². The first kappa shape index (κ1) is 24.1. The Morgan fingerprint density at radius 1 is 1.20 bits per heavy atom. The first-order valence-corrected chi connectivity index (χ1v) is 12.9. The molecule has 4 fully saturated rings. The van der Waals surface area contributed by atoms with Crippen LogP contribution in [-0.2, 0) is 4.79 Å². The van der Waals surface area contributed by atoms with Crippen LogP contribution in [0.2, 0.25) is 0 Å². The Hall–Kier alpha value is -2.64. The van der Waals surface area contributed by atoms with Gasteiger partial charge in [-0.3, -0.25) is 14.9 Å². The van der Waals surface area contributed by atoms with Gasteiger partial charge in [0.15, 0.2) is 0 Å². The highest BCUT2D eigenvalue weighted by molar-refractivity contribution is 5.79. The predicted molar refractivity (Wildman–Crippen MR) is 132 cm³/mol. The summed E-state index contributed by atoms with van der Waals surface area (Å²) in [5, 5.41) is 30.2. The fraction of sp³-hybridized carbons (Fsp3) is 0.731. The van der Waals surface area contributed by atoms with Crippen LogP contribution in [0, 0.1) is 44.6 Å². The lowest BCUT2D eigenvalue weighted by atomic mass is 9.44. The quantitative estimate of drug-likeness (QED) is 0.167. The number of hydrogen-bond donors (Lipinski definition) is 2. The average molecular weight is 482 g/mol. The van der Waals surface area contributed by atoms with Gasteiger partial charge in [-0.15, -0.1) is 0 Å². The van der Waals surface area contributed by atoms with E-state index in [0.29, 0.717) is 48.0 Å². The molecular weight excluding hydrogens is 446 g/mol. The van der Waals surface area contributed by atoms with Gasteiger partial charge in [-0.25, -0.2) is 0 Å². The highest BCUT2D eigenvalue weighted by Gasteiger charge is 2.64. The predicted octanol–water partition coefficient (Wildman–Crippen LogP) is 6.29. The smallest absolute Gasteiger partial charge is 0.292 e. The molecule has 5 rings (SSSR count). The molecule has 4 aliphatic rings. The van der Waals surface area contributed by atoms with E-state index in [0.717, 1.165) is 44.9 Å². The summed E-state index contributed by atoms with van der Waals surface area (Å²) in [7, 11) is 0. The molecule has 7 atom stereocenters. The minimum atomic E-state index is -0.958. The molecule has 4 aliphatic carbocycles. The van der Waals surface area contributed by atoms with Crippen molar-refractivity contribution < 1.29 is 14.8 Å². The van der Waals surface area contributed by atoms with Crippen molar-refractivity contribution in [2.24, 2.45) is 39.6 Å². The third-order valence-electron chi connectivity index (χ3n) is 10.7. The molecule has 0 aromatic heterocycles. The van der Waals surface area contributed by atoms with Crippen molar-refractivity contribution in [3.8, 4) is 0 Å². The van der Waals surface area contributed by atoms with Gasteiger partial charge in [0.25, 0.3) is 5.69 Å². The molecule has 0 amide bonds. The van der Waals surface area contributed by atoms with E-state index in [1.807, 2.05) is 0 Å². The standard InChI is InChI=1S/C26H35N5O4/c1-24-10-7-18(32)13-16(24)3-5-19-20(24)8-11-25(2)21(19)9-12-26(25,33)15-28-22-6-4-17(29-30-27)14-23(22)31(34)35/h4,6,14,16,19-21,28,33H,3,5,7-13,15H2,1-2H3/t16-,19+,20-,21-,24-,25-,26+/m0/s1. The number of azide groups is 1. The van der Waals surface area contributed by atoms with Crippen LogP contribution < -0.4 is 5.32 Å². The van der Waals surface area contributed by atoms with Crippen LogP contribution >= 0.6 is 0 Å². The van der Waals surface area contributed by atoms with Crippen LogP contribution in [-0.4, -0.2) is 28.0 Å². The van der Waals surface area contributed by atoms with Crippen molar-refractivity contribution >= 4 is 22.8 Å². The number of nitrogens with one attached hydrogen (secondary N) is 1. The van der Waals surface area contributed by atoms with Gasteiger partial charge in [0.2, 0.25) is 0 Å². The van der Waals surface area contributed by atoms with Crippen LogP contribution in [0.15, 0.2) is 23.3 Å². The fourth-order valence-corrected chi connectivity index (χ4v) is 8.62. The Bertz CT molecular complexity index is 1100. The summed E-state index contributed by atoms with van der Waals surface area (Å²) in [5.74, 6) is 2.53. The number of carbonyl (C=O) groups excluding carboxylic acids is 1. The maximum atomic E-state index is 12.1. The van der Waals surface area contributed by atoms with Gasteiger partial charge in [0, 0.05) is 41.5 Å². The number of nitrogens with zero attached hydrogens (tertiary/aromatic N) is 4. The highest BCUT2D eigenvalue weighted by atomic mass is 16.6. The molecule has 0 bridgehead atoms. The van der Waals surface area contributed by atoms with Gasteiger partial charge in [-0.05, 0) is 85.6 Å². The van der Waals surface area contributed by atoms with Crippen molar-refractivity contribution in [2.75, 3.05) is 11.9 Å². The third kappa shape index (κ3) is 3.71. The first-order chi connectivity index (χ1) is 16.6. The van der Waals surface area contributed by atoms with E-state index in [2.05, 4.69) is 29.2 Å². The molecule has 1 aromatic carbocycles. The summed E-state index contributed by atoms with van der Waals surface area (Å²) in [6, 6.07) is 4.34. The second-order valence-electron chi connectivity index (χ2n) is 11.9. The van der Waals surface area contributed by atoms with E-state index in [1.165, 1.54) is 12.1 Å². The molecule has 9 nitrogen and oxygen atoms in total. The molecule has 2 N–H and O–H groups in total. The van der Waals surface area contributed by atoms with E-state index in [-0.39, 0.29) is 28.7 Å². The molecule has 4 saturated carbocycles. The lowest BCUT2D eigenvalue weighted by Crippen LogP contribution is -2.58. The van der Waals surface area contributed by atoms with Crippen LogP contribution in [0.4, 0.5) is 17.1 Å². The van der Waals surface area contributed by atoms with Crippen LogP contribution in [0.5, 0.6) is 0 Å². The van der Waals surface area contributed by atoms with Gasteiger partial charge in [-0.1, -0.05) is 25.0 Å². The molecule has 0 unspecified atom stereocenters. The van der Waals surface area contributed by atoms with Crippen LogP contribution in [0.25, 0.3) is 10.4 Å². The van der Waals surface area contributed by atoms with Crippen molar-refractivity contribution in [1.82, 2.24) is 0 Å².